The molecule has 0 aliphatic rings. The van der Waals surface area contributed by atoms with Crippen molar-refractivity contribution in [3.05, 3.63) is 41.6 Å². The quantitative estimate of drug-likeness (QED) is 0.617. The Labute approximate surface area is 126 Å². The Morgan fingerprint density at radius 2 is 2.05 bits per heavy atom. The number of benzene rings is 1. The summed E-state index contributed by atoms with van der Waals surface area (Å²) in [5.41, 5.74) is 1.58. The summed E-state index contributed by atoms with van der Waals surface area (Å²) in [5, 5.41) is 19.8. The number of hydrogen-bond acceptors (Lipinski definition) is 5. The molecule has 6 nitrogen and oxygen atoms in total. The second-order valence-electron chi connectivity index (χ2n) is 4.69. The summed E-state index contributed by atoms with van der Waals surface area (Å²) in [5.74, 6) is -0.978. The smallest absolute Gasteiger partial charge is 0.235 e. The fourth-order valence-corrected chi connectivity index (χ4v) is 2.88. The van der Waals surface area contributed by atoms with Crippen LogP contribution in [0.4, 0.5) is 8.78 Å². The normalized spacial score (nSPS) is 11.4. The Kier molecular flexibility index (Phi) is 2.76. The van der Waals surface area contributed by atoms with E-state index in [9.17, 15) is 8.78 Å². The Morgan fingerprint density at radius 3 is 2.82 bits per heavy atom. The molecule has 22 heavy (non-hydrogen) atoms. The highest BCUT2D eigenvalue weighted by molar-refractivity contribution is 7.19. The van der Waals surface area contributed by atoms with Crippen LogP contribution in [0.25, 0.3) is 27.1 Å². The molecule has 0 unspecified atom stereocenters. The average molecular weight is 318 g/mol. The average Bonchev–Trinajstić information content (AvgIpc) is 3.16. The molecule has 0 radical (unpaired) electrons. The highest BCUT2D eigenvalue weighted by atomic mass is 32.1. The molecule has 3 heterocycles. The van der Waals surface area contributed by atoms with Crippen molar-refractivity contribution in [3.8, 4) is 22.1 Å². The second kappa shape index (κ2) is 4.67. The number of halogens is 2. The zero-order chi connectivity index (χ0) is 15.3. The first kappa shape index (κ1) is 13.0. The van der Waals surface area contributed by atoms with Crippen molar-refractivity contribution in [2.75, 3.05) is 0 Å². The summed E-state index contributed by atoms with van der Waals surface area (Å²) in [7, 11) is 0. The summed E-state index contributed by atoms with van der Waals surface area (Å²) in [6.45, 7) is 1.88. The van der Waals surface area contributed by atoms with E-state index in [0.717, 1.165) is 23.9 Å². The van der Waals surface area contributed by atoms with E-state index < -0.39 is 11.6 Å². The minimum atomic E-state index is -0.583. The molecular weight excluding hydrogens is 310 g/mol. The molecular formula is C13H8F2N6S. The van der Waals surface area contributed by atoms with Crippen molar-refractivity contribution in [2.45, 2.75) is 6.92 Å². The van der Waals surface area contributed by atoms with Crippen LogP contribution in [0.15, 0.2) is 24.3 Å². The molecule has 0 fully saturated rings. The molecule has 0 bridgehead atoms. The Balaban J connectivity index is 1.89. The number of H-pyrrole nitrogens is 1. The molecule has 0 spiro atoms. The monoisotopic (exact) mass is 318 g/mol. The Hall–Kier alpha value is -2.68. The number of aromatic amines is 1. The number of nitrogens with one attached hydrogen (secondary N) is 1. The topological polar surface area (TPSA) is 71.8 Å². The summed E-state index contributed by atoms with van der Waals surface area (Å²) in [6.07, 6.45) is 0. The van der Waals surface area contributed by atoms with Crippen LogP contribution in [-0.4, -0.2) is 30.0 Å². The van der Waals surface area contributed by atoms with Crippen molar-refractivity contribution in [3.63, 3.8) is 0 Å². The minimum absolute atomic E-state index is 0.0163. The van der Waals surface area contributed by atoms with Crippen LogP contribution in [0.5, 0.6) is 0 Å². The van der Waals surface area contributed by atoms with E-state index in [1.165, 1.54) is 15.9 Å². The fraction of sp³-hybridized carbons (Fsp3) is 0.0769. The lowest BCUT2D eigenvalue weighted by Crippen LogP contribution is -1.94. The largest absolute Gasteiger partial charge is 0.282 e. The predicted octanol–water partition coefficient (Wildman–Crippen LogP) is 2.83. The van der Waals surface area contributed by atoms with E-state index in [-0.39, 0.29) is 11.4 Å². The van der Waals surface area contributed by atoms with Crippen LogP contribution < -0.4 is 0 Å². The van der Waals surface area contributed by atoms with Gasteiger partial charge in [-0.2, -0.15) is 14.7 Å². The number of aromatic nitrogens is 6. The molecule has 0 atom stereocenters. The minimum Gasteiger partial charge on any atom is -0.282 e. The molecule has 9 heteroatoms. The van der Waals surface area contributed by atoms with Crippen molar-refractivity contribution in [1.82, 2.24) is 30.0 Å². The number of rotatable bonds is 2. The summed E-state index contributed by atoms with van der Waals surface area (Å²) >= 11 is 1.27. The van der Waals surface area contributed by atoms with Gasteiger partial charge in [-0.3, -0.25) is 5.10 Å². The van der Waals surface area contributed by atoms with E-state index in [1.807, 2.05) is 13.0 Å². The molecule has 0 saturated carbocycles. The predicted molar refractivity (Wildman–Crippen MR) is 76.3 cm³/mol. The number of aryl methyl sites for hydroxylation is 1. The van der Waals surface area contributed by atoms with Crippen molar-refractivity contribution in [2.24, 2.45) is 0 Å². The number of hydrogen-bond donors (Lipinski definition) is 1. The van der Waals surface area contributed by atoms with Crippen LogP contribution in [0.3, 0.4) is 0 Å². The summed E-state index contributed by atoms with van der Waals surface area (Å²) in [6, 6.07) is 5.02. The maximum atomic E-state index is 13.9. The highest BCUT2D eigenvalue weighted by Gasteiger charge is 2.18. The third kappa shape index (κ3) is 1.98. The van der Waals surface area contributed by atoms with Gasteiger partial charge in [0.25, 0.3) is 0 Å². The van der Waals surface area contributed by atoms with Gasteiger partial charge in [-0.1, -0.05) is 11.3 Å². The van der Waals surface area contributed by atoms with Crippen LogP contribution in [0.2, 0.25) is 0 Å². The van der Waals surface area contributed by atoms with E-state index in [0.29, 0.717) is 15.7 Å². The lowest BCUT2D eigenvalue weighted by Gasteiger charge is -1.99. The van der Waals surface area contributed by atoms with Gasteiger partial charge in [0.1, 0.15) is 17.3 Å². The van der Waals surface area contributed by atoms with Crippen LogP contribution in [-0.2, 0) is 0 Å². The molecule has 0 aliphatic carbocycles. The second-order valence-corrected chi connectivity index (χ2v) is 5.64. The summed E-state index contributed by atoms with van der Waals surface area (Å²) in [4.78, 5) is 0.481. The van der Waals surface area contributed by atoms with Gasteiger partial charge >= 0.3 is 0 Å². The zero-order valence-corrected chi connectivity index (χ0v) is 12.0. The number of nitrogens with zero attached hydrogens (tertiary/aromatic N) is 5. The van der Waals surface area contributed by atoms with Gasteiger partial charge in [0.05, 0.1) is 5.56 Å². The molecule has 0 aliphatic heterocycles. The summed E-state index contributed by atoms with van der Waals surface area (Å²) < 4.78 is 28.7. The Bertz CT molecular complexity index is 986. The molecule has 0 saturated heterocycles. The van der Waals surface area contributed by atoms with Gasteiger partial charge in [-0.15, -0.1) is 10.2 Å². The van der Waals surface area contributed by atoms with E-state index >= 15 is 0 Å². The molecule has 4 aromatic rings. The number of fused-ring (bicyclic) bond motifs is 1. The van der Waals surface area contributed by atoms with Crippen molar-refractivity contribution < 1.29 is 8.78 Å². The Morgan fingerprint density at radius 1 is 1.18 bits per heavy atom. The lowest BCUT2D eigenvalue weighted by molar-refractivity contribution is 0.601. The molecule has 1 N–H and O–H groups in total. The molecule has 0 amide bonds. The van der Waals surface area contributed by atoms with Gasteiger partial charge in [0.2, 0.25) is 4.96 Å². The van der Waals surface area contributed by atoms with Crippen molar-refractivity contribution >= 4 is 16.3 Å². The van der Waals surface area contributed by atoms with Gasteiger partial charge in [-0.05, 0) is 31.2 Å². The van der Waals surface area contributed by atoms with Crippen LogP contribution in [0.1, 0.15) is 5.69 Å². The third-order valence-corrected chi connectivity index (χ3v) is 4.01. The molecule has 3 aromatic heterocycles. The van der Waals surface area contributed by atoms with E-state index in [2.05, 4.69) is 25.5 Å². The van der Waals surface area contributed by atoms with E-state index in [4.69, 9.17) is 0 Å². The molecule has 110 valence electrons. The fourth-order valence-electron chi connectivity index (χ4n) is 2.08. The van der Waals surface area contributed by atoms with E-state index in [1.54, 1.807) is 0 Å². The maximum Gasteiger partial charge on any atom is 0.235 e. The molecule has 4 rings (SSSR count). The lowest BCUT2D eigenvalue weighted by atomic mass is 10.2. The zero-order valence-electron chi connectivity index (χ0n) is 11.2. The van der Waals surface area contributed by atoms with Gasteiger partial charge in [0, 0.05) is 5.69 Å². The first-order valence-electron chi connectivity index (χ1n) is 6.32. The maximum absolute atomic E-state index is 13.9. The standard InChI is InChI=1S/C13H8F2N6S/c1-6-4-10(17-16-6)12-20-21-11(18-19-13(21)22-12)8-5-7(14)2-3-9(8)15/h2-5H,1H3,(H,16,17). The highest BCUT2D eigenvalue weighted by Crippen LogP contribution is 2.28. The van der Waals surface area contributed by atoms with Gasteiger partial charge in [-0.25, -0.2) is 8.78 Å². The first-order valence-corrected chi connectivity index (χ1v) is 7.13. The van der Waals surface area contributed by atoms with Crippen molar-refractivity contribution in [1.29, 1.82) is 0 Å². The van der Waals surface area contributed by atoms with Gasteiger partial charge < -0.3 is 0 Å². The van der Waals surface area contributed by atoms with Crippen LogP contribution >= 0.6 is 11.3 Å². The van der Waals surface area contributed by atoms with Gasteiger partial charge in [0.15, 0.2) is 10.8 Å². The SMILES string of the molecule is Cc1cc(-c2nn3c(-c4cc(F)ccc4F)nnc3s2)n[nH]1. The van der Waals surface area contributed by atoms with Crippen LogP contribution in [0, 0.1) is 18.6 Å². The third-order valence-electron chi connectivity index (χ3n) is 3.09. The molecule has 1 aromatic carbocycles. The first-order chi connectivity index (χ1) is 10.6.